The molecule has 1 saturated carbocycles. The van der Waals surface area contributed by atoms with Crippen molar-refractivity contribution in [2.75, 3.05) is 5.32 Å². The van der Waals surface area contributed by atoms with E-state index in [1.165, 1.54) is 18.5 Å². The fraction of sp³-hybridized carbons (Fsp3) is 0.500. The highest BCUT2D eigenvalue weighted by Gasteiger charge is 2.30. The maximum Gasteiger partial charge on any atom is 0.143 e. The molecule has 5 nitrogen and oxygen atoms in total. The Morgan fingerprint density at radius 2 is 1.95 bits per heavy atom. The van der Waals surface area contributed by atoms with E-state index in [9.17, 15) is 0 Å². The number of hydrogen-bond donors (Lipinski definition) is 1. The third-order valence-electron chi connectivity index (χ3n) is 3.97. The van der Waals surface area contributed by atoms with Gasteiger partial charge in [-0.05, 0) is 59.4 Å². The molecule has 5 heteroatoms. The number of nitrogens with zero attached hydrogens (tertiary/aromatic N) is 4. The van der Waals surface area contributed by atoms with Crippen LogP contribution in [0.25, 0.3) is 5.69 Å². The molecule has 1 aliphatic carbocycles. The van der Waals surface area contributed by atoms with Gasteiger partial charge in [-0.2, -0.15) is 0 Å². The highest BCUT2D eigenvalue weighted by atomic mass is 15.5. The van der Waals surface area contributed by atoms with Gasteiger partial charge in [0.15, 0.2) is 0 Å². The lowest BCUT2D eigenvalue weighted by Gasteiger charge is -2.39. The molecule has 2 aromatic rings. The van der Waals surface area contributed by atoms with Gasteiger partial charge in [-0.15, -0.1) is 5.10 Å². The van der Waals surface area contributed by atoms with Crippen molar-refractivity contribution in [2.45, 2.75) is 32.7 Å². The fourth-order valence-electron chi connectivity index (χ4n) is 2.55. The number of nitrogens with one attached hydrogen (secondary N) is 1. The summed E-state index contributed by atoms with van der Waals surface area (Å²) in [6.07, 6.45) is 4.17. The topological polar surface area (TPSA) is 55.6 Å². The predicted molar refractivity (Wildman–Crippen MR) is 74.1 cm³/mol. The smallest absolute Gasteiger partial charge is 0.143 e. The summed E-state index contributed by atoms with van der Waals surface area (Å²) in [4.78, 5) is 0. The zero-order valence-corrected chi connectivity index (χ0v) is 11.3. The molecule has 1 aromatic heterocycles. The molecule has 3 rings (SSSR count). The third-order valence-corrected chi connectivity index (χ3v) is 3.97. The second-order valence-electron chi connectivity index (χ2n) is 5.62. The summed E-state index contributed by atoms with van der Waals surface area (Å²) in [5.41, 5.74) is 2.15. The van der Waals surface area contributed by atoms with Gasteiger partial charge in [-0.25, -0.2) is 4.68 Å². The van der Waals surface area contributed by atoms with E-state index in [4.69, 9.17) is 0 Å². The van der Waals surface area contributed by atoms with Crippen LogP contribution in [0.15, 0.2) is 30.6 Å². The van der Waals surface area contributed by atoms with E-state index in [1.807, 2.05) is 12.1 Å². The molecule has 1 fully saturated rings. The second-order valence-corrected chi connectivity index (χ2v) is 5.62. The first-order valence-corrected chi connectivity index (χ1v) is 6.82. The van der Waals surface area contributed by atoms with E-state index in [0.29, 0.717) is 6.04 Å². The van der Waals surface area contributed by atoms with E-state index in [2.05, 4.69) is 46.8 Å². The van der Waals surface area contributed by atoms with Crippen LogP contribution in [0.1, 0.15) is 26.7 Å². The van der Waals surface area contributed by atoms with Crippen molar-refractivity contribution >= 4 is 5.69 Å². The predicted octanol–water partition coefficient (Wildman–Crippen LogP) is 2.51. The standard InChI is InChI=1S/C14H19N5/c1-10(2)11-7-13(8-11)16-12-3-5-14(6-4-12)19-9-15-17-18-19/h3-6,9-11,13,16H,7-8H2,1-2H3. The van der Waals surface area contributed by atoms with Crippen molar-refractivity contribution in [3.8, 4) is 5.69 Å². The van der Waals surface area contributed by atoms with Gasteiger partial charge in [0.2, 0.25) is 0 Å². The first-order valence-electron chi connectivity index (χ1n) is 6.82. The summed E-state index contributed by atoms with van der Waals surface area (Å²) in [5.74, 6) is 1.69. The van der Waals surface area contributed by atoms with Gasteiger partial charge >= 0.3 is 0 Å². The van der Waals surface area contributed by atoms with Gasteiger partial charge in [0.1, 0.15) is 6.33 Å². The van der Waals surface area contributed by atoms with Crippen LogP contribution >= 0.6 is 0 Å². The van der Waals surface area contributed by atoms with Crippen LogP contribution in [-0.4, -0.2) is 26.2 Å². The normalized spacial score (nSPS) is 22.3. The summed E-state index contributed by atoms with van der Waals surface area (Å²) in [5, 5.41) is 14.7. The average Bonchev–Trinajstić information content (AvgIpc) is 2.87. The molecule has 1 aliphatic rings. The zero-order chi connectivity index (χ0) is 13.2. The molecule has 19 heavy (non-hydrogen) atoms. The van der Waals surface area contributed by atoms with Crippen molar-refractivity contribution < 1.29 is 0 Å². The Bertz CT molecular complexity index is 511. The third kappa shape index (κ3) is 2.59. The monoisotopic (exact) mass is 257 g/mol. The van der Waals surface area contributed by atoms with Crippen LogP contribution in [0.2, 0.25) is 0 Å². The maximum atomic E-state index is 3.87. The molecular formula is C14H19N5. The lowest BCUT2D eigenvalue weighted by atomic mass is 9.73. The van der Waals surface area contributed by atoms with Crippen molar-refractivity contribution in [2.24, 2.45) is 11.8 Å². The highest BCUT2D eigenvalue weighted by Crippen LogP contribution is 2.35. The minimum absolute atomic E-state index is 0.631. The Kier molecular flexibility index (Phi) is 3.19. The zero-order valence-electron chi connectivity index (χ0n) is 11.3. The van der Waals surface area contributed by atoms with Gasteiger partial charge in [0.05, 0.1) is 5.69 Å². The van der Waals surface area contributed by atoms with Gasteiger partial charge in [-0.1, -0.05) is 13.8 Å². The van der Waals surface area contributed by atoms with Crippen molar-refractivity contribution in [3.05, 3.63) is 30.6 Å². The molecule has 0 amide bonds. The van der Waals surface area contributed by atoms with Crippen LogP contribution in [0.3, 0.4) is 0 Å². The number of benzene rings is 1. The Balaban J connectivity index is 1.59. The summed E-state index contributed by atoms with van der Waals surface area (Å²) in [6.45, 7) is 4.61. The lowest BCUT2D eigenvalue weighted by molar-refractivity contribution is 0.212. The number of rotatable bonds is 4. The van der Waals surface area contributed by atoms with Crippen molar-refractivity contribution in [3.63, 3.8) is 0 Å². The van der Waals surface area contributed by atoms with Crippen molar-refractivity contribution in [1.29, 1.82) is 0 Å². The van der Waals surface area contributed by atoms with Gasteiger partial charge in [0.25, 0.3) is 0 Å². The molecule has 1 N–H and O–H groups in total. The molecule has 0 spiro atoms. The Labute approximate surface area is 113 Å². The molecule has 1 heterocycles. The van der Waals surface area contributed by atoms with Crippen LogP contribution in [-0.2, 0) is 0 Å². The Hall–Kier alpha value is -1.91. The summed E-state index contributed by atoms with van der Waals surface area (Å²) < 4.78 is 1.65. The van der Waals surface area contributed by atoms with Gasteiger partial charge in [-0.3, -0.25) is 0 Å². The minimum atomic E-state index is 0.631. The van der Waals surface area contributed by atoms with E-state index >= 15 is 0 Å². The van der Waals surface area contributed by atoms with Gasteiger partial charge in [0, 0.05) is 11.7 Å². The van der Waals surface area contributed by atoms with E-state index in [0.717, 1.165) is 17.5 Å². The quantitative estimate of drug-likeness (QED) is 0.914. The summed E-state index contributed by atoms with van der Waals surface area (Å²) in [6, 6.07) is 8.85. The number of anilines is 1. The van der Waals surface area contributed by atoms with Crippen LogP contribution < -0.4 is 5.32 Å². The van der Waals surface area contributed by atoms with E-state index in [-0.39, 0.29) is 0 Å². The second kappa shape index (κ2) is 4.99. The Morgan fingerprint density at radius 3 is 2.53 bits per heavy atom. The van der Waals surface area contributed by atoms with Crippen molar-refractivity contribution in [1.82, 2.24) is 20.2 Å². The van der Waals surface area contributed by atoms with Gasteiger partial charge < -0.3 is 5.32 Å². The number of aromatic nitrogens is 4. The molecule has 0 radical (unpaired) electrons. The lowest BCUT2D eigenvalue weighted by Crippen LogP contribution is -2.37. The molecule has 0 atom stereocenters. The average molecular weight is 257 g/mol. The summed E-state index contributed by atoms with van der Waals surface area (Å²) >= 11 is 0. The molecule has 0 bridgehead atoms. The molecule has 1 aromatic carbocycles. The molecule has 100 valence electrons. The first-order chi connectivity index (χ1) is 9.22. The molecule has 0 unspecified atom stereocenters. The van der Waals surface area contributed by atoms with E-state index in [1.54, 1.807) is 11.0 Å². The number of hydrogen-bond acceptors (Lipinski definition) is 4. The molecular weight excluding hydrogens is 238 g/mol. The van der Waals surface area contributed by atoms with Crippen LogP contribution in [0.5, 0.6) is 0 Å². The molecule has 0 aliphatic heterocycles. The largest absolute Gasteiger partial charge is 0.382 e. The SMILES string of the molecule is CC(C)C1CC(Nc2ccc(-n3cnnn3)cc2)C1. The minimum Gasteiger partial charge on any atom is -0.382 e. The number of tetrazole rings is 1. The Morgan fingerprint density at radius 1 is 1.21 bits per heavy atom. The fourth-order valence-corrected chi connectivity index (χ4v) is 2.55. The van der Waals surface area contributed by atoms with Crippen LogP contribution in [0.4, 0.5) is 5.69 Å². The first kappa shape index (κ1) is 12.1. The highest BCUT2D eigenvalue weighted by molar-refractivity contribution is 5.49. The van der Waals surface area contributed by atoms with Crippen LogP contribution in [0, 0.1) is 11.8 Å². The maximum absolute atomic E-state index is 3.87. The van der Waals surface area contributed by atoms with E-state index < -0.39 is 0 Å². The molecule has 0 saturated heterocycles. The summed E-state index contributed by atoms with van der Waals surface area (Å²) in [7, 11) is 0.